The number of benzene rings is 1. The fourth-order valence-corrected chi connectivity index (χ4v) is 6.54. The number of hydrogen-bond donors (Lipinski definition) is 1. The first-order valence-corrected chi connectivity index (χ1v) is 9.69. The standard InChI is InChI=1S/C19H21N3O2S/c25-18-21-20-17(19-7-11-3-12(8-19)5-13(4-11)9-19)22(18)14-1-2-15-16(6-14)24-10-23-15/h1-2,6,11-13H,3-5,7-10H2,(H,21,25). The molecule has 0 saturated heterocycles. The van der Waals surface area contributed by atoms with Gasteiger partial charge in [-0.3, -0.25) is 9.67 Å². The van der Waals surface area contributed by atoms with Crippen molar-refractivity contribution in [1.82, 2.24) is 14.8 Å². The van der Waals surface area contributed by atoms with Crippen molar-refractivity contribution in [3.05, 3.63) is 28.8 Å². The molecule has 0 radical (unpaired) electrons. The third-order valence-electron chi connectivity index (χ3n) is 6.80. The van der Waals surface area contributed by atoms with E-state index in [4.69, 9.17) is 26.8 Å². The lowest BCUT2D eigenvalue weighted by Gasteiger charge is -2.56. The molecule has 4 fully saturated rings. The van der Waals surface area contributed by atoms with E-state index >= 15 is 0 Å². The van der Waals surface area contributed by atoms with Gasteiger partial charge in [0.15, 0.2) is 16.3 Å². The largest absolute Gasteiger partial charge is 0.454 e. The van der Waals surface area contributed by atoms with Gasteiger partial charge in [0.2, 0.25) is 6.79 Å². The normalized spacial score (nSPS) is 34.6. The SMILES string of the molecule is S=c1[nH]nc(C23CC4CC(CC(C4)C2)C3)n1-c1ccc2c(c1)OCO2. The van der Waals surface area contributed by atoms with Crippen LogP contribution < -0.4 is 9.47 Å². The van der Waals surface area contributed by atoms with Gasteiger partial charge >= 0.3 is 0 Å². The molecule has 4 aliphatic carbocycles. The fourth-order valence-electron chi connectivity index (χ4n) is 6.30. The number of nitrogens with one attached hydrogen (secondary N) is 1. The van der Waals surface area contributed by atoms with E-state index < -0.39 is 0 Å². The maximum absolute atomic E-state index is 5.61. The zero-order valence-corrected chi connectivity index (χ0v) is 14.8. The molecule has 4 bridgehead atoms. The van der Waals surface area contributed by atoms with Crippen LogP contribution in [0.25, 0.3) is 5.69 Å². The van der Waals surface area contributed by atoms with Crippen LogP contribution >= 0.6 is 12.2 Å². The predicted molar refractivity (Wildman–Crippen MR) is 94.7 cm³/mol. The van der Waals surface area contributed by atoms with E-state index in [0.29, 0.717) is 4.77 Å². The lowest BCUT2D eigenvalue weighted by atomic mass is 9.49. The summed E-state index contributed by atoms with van der Waals surface area (Å²) in [4.78, 5) is 0. The highest BCUT2D eigenvalue weighted by molar-refractivity contribution is 7.71. The third-order valence-corrected chi connectivity index (χ3v) is 7.07. The highest BCUT2D eigenvalue weighted by atomic mass is 32.1. The molecule has 25 heavy (non-hydrogen) atoms. The first kappa shape index (κ1) is 14.4. The molecular weight excluding hydrogens is 334 g/mol. The first-order chi connectivity index (χ1) is 12.2. The Labute approximate surface area is 151 Å². The molecule has 1 aliphatic heterocycles. The van der Waals surface area contributed by atoms with Crippen LogP contribution in [0.15, 0.2) is 18.2 Å². The minimum absolute atomic E-state index is 0.193. The third kappa shape index (κ3) is 2.00. The first-order valence-electron chi connectivity index (χ1n) is 9.28. The van der Waals surface area contributed by atoms with Gasteiger partial charge in [0.25, 0.3) is 0 Å². The molecule has 0 spiro atoms. The zero-order valence-electron chi connectivity index (χ0n) is 14.0. The minimum Gasteiger partial charge on any atom is -0.454 e. The molecule has 6 heteroatoms. The van der Waals surface area contributed by atoms with Crippen LogP contribution in [0.4, 0.5) is 0 Å². The van der Waals surface area contributed by atoms with Crippen LogP contribution in [0.3, 0.4) is 0 Å². The number of rotatable bonds is 2. The van der Waals surface area contributed by atoms with Crippen molar-refractivity contribution in [3.8, 4) is 17.2 Å². The number of fused-ring (bicyclic) bond motifs is 1. The average molecular weight is 355 g/mol. The molecule has 7 rings (SSSR count). The van der Waals surface area contributed by atoms with Crippen LogP contribution in [0, 0.1) is 22.5 Å². The molecule has 1 N–H and O–H groups in total. The van der Waals surface area contributed by atoms with Gasteiger partial charge in [-0.15, -0.1) is 0 Å². The molecule has 0 unspecified atom stereocenters. The summed E-state index contributed by atoms with van der Waals surface area (Å²) >= 11 is 5.61. The summed E-state index contributed by atoms with van der Waals surface area (Å²) < 4.78 is 13.8. The summed E-state index contributed by atoms with van der Waals surface area (Å²) in [5.74, 6) is 5.35. The Bertz CT molecular complexity index is 880. The van der Waals surface area contributed by atoms with Gasteiger partial charge in [0.05, 0.1) is 5.69 Å². The molecule has 5 aliphatic rings. The molecular formula is C19H21N3O2S. The summed E-state index contributed by atoms with van der Waals surface area (Å²) in [6.07, 6.45) is 8.08. The Hall–Kier alpha value is -1.82. The molecule has 2 heterocycles. The van der Waals surface area contributed by atoms with Gasteiger partial charge in [-0.2, -0.15) is 5.10 Å². The molecule has 1 aromatic carbocycles. The van der Waals surface area contributed by atoms with Crippen LogP contribution in [-0.4, -0.2) is 21.6 Å². The quantitative estimate of drug-likeness (QED) is 0.823. The van der Waals surface area contributed by atoms with Crippen molar-refractivity contribution in [2.75, 3.05) is 6.79 Å². The molecule has 0 atom stereocenters. The topological polar surface area (TPSA) is 52.1 Å². The molecule has 4 saturated carbocycles. The van der Waals surface area contributed by atoms with Crippen LogP contribution in [0.1, 0.15) is 44.3 Å². The van der Waals surface area contributed by atoms with E-state index in [9.17, 15) is 0 Å². The zero-order chi connectivity index (χ0) is 16.6. The van der Waals surface area contributed by atoms with Crippen LogP contribution in [-0.2, 0) is 5.41 Å². The van der Waals surface area contributed by atoms with E-state index in [2.05, 4.69) is 15.7 Å². The van der Waals surface area contributed by atoms with Gasteiger partial charge in [-0.25, -0.2) is 0 Å². The fraction of sp³-hybridized carbons (Fsp3) is 0.579. The molecule has 1 aromatic heterocycles. The predicted octanol–water partition coefficient (Wildman–Crippen LogP) is 4.13. The maximum atomic E-state index is 5.61. The molecule has 5 nitrogen and oxygen atoms in total. The summed E-state index contributed by atoms with van der Waals surface area (Å²) in [7, 11) is 0. The van der Waals surface area contributed by atoms with Crippen molar-refractivity contribution in [3.63, 3.8) is 0 Å². The summed E-state index contributed by atoms with van der Waals surface area (Å²) in [6, 6.07) is 6.05. The van der Waals surface area contributed by atoms with Gasteiger partial charge in [-0.05, 0) is 80.6 Å². The number of nitrogens with zero attached hydrogens (tertiary/aromatic N) is 2. The van der Waals surface area contributed by atoms with Crippen molar-refractivity contribution in [1.29, 1.82) is 0 Å². The van der Waals surface area contributed by atoms with E-state index in [-0.39, 0.29) is 12.2 Å². The Kier molecular flexibility index (Phi) is 2.80. The van der Waals surface area contributed by atoms with Crippen molar-refractivity contribution < 1.29 is 9.47 Å². The van der Waals surface area contributed by atoms with Gasteiger partial charge in [0.1, 0.15) is 5.82 Å². The Morgan fingerprint density at radius 3 is 2.44 bits per heavy atom. The van der Waals surface area contributed by atoms with Crippen molar-refractivity contribution in [2.24, 2.45) is 17.8 Å². The van der Waals surface area contributed by atoms with Gasteiger partial charge in [0, 0.05) is 11.5 Å². The summed E-state index contributed by atoms with van der Waals surface area (Å²) in [5.41, 5.74) is 1.22. The summed E-state index contributed by atoms with van der Waals surface area (Å²) in [5, 5.41) is 7.82. The molecule has 130 valence electrons. The second-order valence-corrected chi connectivity index (χ2v) is 8.81. The highest BCUT2D eigenvalue weighted by Gasteiger charge is 2.53. The number of aromatic amines is 1. The van der Waals surface area contributed by atoms with Crippen LogP contribution in [0.2, 0.25) is 0 Å². The maximum Gasteiger partial charge on any atom is 0.231 e. The molecule has 0 amide bonds. The van der Waals surface area contributed by atoms with Crippen LogP contribution in [0.5, 0.6) is 11.5 Å². The number of hydrogen-bond acceptors (Lipinski definition) is 4. The average Bonchev–Trinajstić information content (AvgIpc) is 3.19. The van der Waals surface area contributed by atoms with Crippen molar-refractivity contribution in [2.45, 2.75) is 43.9 Å². The van der Waals surface area contributed by atoms with Gasteiger partial charge in [-0.1, -0.05) is 0 Å². The highest BCUT2D eigenvalue weighted by Crippen LogP contribution is 2.60. The van der Waals surface area contributed by atoms with E-state index in [1.165, 1.54) is 38.5 Å². The van der Waals surface area contributed by atoms with Gasteiger partial charge < -0.3 is 9.47 Å². The second kappa shape index (κ2) is 4.87. The number of ether oxygens (including phenoxy) is 2. The van der Waals surface area contributed by atoms with E-state index in [0.717, 1.165) is 40.8 Å². The number of aromatic nitrogens is 3. The Morgan fingerprint density at radius 1 is 1.04 bits per heavy atom. The monoisotopic (exact) mass is 355 g/mol. The summed E-state index contributed by atoms with van der Waals surface area (Å²) in [6.45, 7) is 0.289. The smallest absolute Gasteiger partial charge is 0.231 e. The lowest BCUT2D eigenvalue weighted by Crippen LogP contribution is -2.49. The number of H-pyrrole nitrogens is 1. The lowest BCUT2D eigenvalue weighted by molar-refractivity contribution is -0.0102. The Balaban J connectivity index is 1.49. The second-order valence-electron chi connectivity index (χ2n) is 8.42. The molecule has 2 aromatic rings. The van der Waals surface area contributed by atoms with E-state index in [1.54, 1.807) is 0 Å². The van der Waals surface area contributed by atoms with E-state index in [1.807, 2.05) is 12.1 Å². The van der Waals surface area contributed by atoms with Crippen molar-refractivity contribution >= 4 is 12.2 Å². The minimum atomic E-state index is 0.193. The Morgan fingerprint density at radius 2 is 1.72 bits per heavy atom.